The first-order valence-electron chi connectivity index (χ1n) is 6.37. The van der Waals surface area contributed by atoms with E-state index < -0.39 is 12.1 Å². The van der Waals surface area contributed by atoms with Crippen LogP contribution in [0.2, 0.25) is 0 Å². The van der Waals surface area contributed by atoms with Crippen LogP contribution in [0.4, 0.5) is 5.69 Å². The molecule has 2 aromatic rings. The smallest absolute Gasteiger partial charge is 0.335 e. The average Bonchev–Trinajstić information content (AvgIpc) is 2.48. The van der Waals surface area contributed by atoms with Crippen LogP contribution in [0.5, 0.6) is 0 Å². The number of nitrogen functional groups attached to an aromatic ring is 1. The predicted molar refractivity (Wildman–Crippen MR) is 79.5 cm³/mol. The molecule has 1 atom stereocenters. The lowest BCUT2D eigenvalue weighted by molar-refractivity contribution is 0.0697. The van der Waals surface area contributed by atoms with Gasteiger partial charge in [0, 0.05) is 11.3 Å². The maximum Gasteiger partial charge on any atom is 0.335 e. The first-order chi connectivity index (χ1) is 9.56. The highest BCUT2D eigenvalue weighted by Gasteiger charge is 2.06. The van der Waals surface area contributed by atoms with E-state index >= 15 is 0 Å². The summed E-state index contributed by atoms with van der Waals surface area (Å²) in [6.45, 7) is 1.93. The van der Waals surface area contributed by atoms with Crippen molar-refractivity contribution in [1.29, 1.82) is 0 Å². The molecule has 0 fully saturated rings. The Hall–Kier alpha value is -2.33. The van der Waals surface area contributed by atoms with Crippen LogP contribution in [0.15, 0.2) is 54.6 Å². The van der Waals surface area contributed by atoms with Gasteiger partial charge in [-0.2, -0.15) is 0 Å². The zero-order chi connectivity index (χ0) is 15.0. The third kappa shape index (κ3) is 4.74. The number of aliphatic hydroxyl groups is 1. The Bertz CT molecular complexity index is 540. The number of hydrogen-bond acceptors (Lipinski definition) is 3. The largest absolute Gasteiger partial charge is 0.478 e. The second-order valence-corrected chi connectivity index (χ2v) is 4.22. The first kappa shape index (κ1) is 15.7. The lowest BCUT2D eigenvalue weighted by Gasteiger charge is -2.09. The molecule has 2 rings (SSSR count). The van der Waals surface area contributed by atoms with Crippen molar-refractivity contribution in [3.63, 3.8) is 0 Å². The zero-order valence-electron chi connectivity index (χ0n) is 11.4. The molecule has 0 saturated heterocycles. The molecule has 0 bridgehead atoms. The van der Waals surface area contributed by atoms with Gasteiger partial charge in [0.15, 0.2) is 0 Å². The van der Waals surface area contributed by atoms with Crippen molar-refractivity contribution >= 4 is 11.7 Å². The summed E-state index contributed by atoms with van der Waals surface area (Å²) in [4.78, 5) is 10.2. The molecule has 20 heavy (non-hydrogen) atoms. The molecule has 1 unspecified atom stereocenters. The lowest BCUT2D eigenvalue weighted by atomic mass is 10.1. The molecule has 0 spiro atoms. The normalized spacial score (nSPS) is 11.1. The molecule has 4 N–H and O–H groups in total. The molecule has 0 aliphatic carbocycles. The lowest BCUT2D eigenvalue weighted by Crippen LogP contribution is -1.99. The van der Waals surface area contributed by atoms with E-state index in [4.69, 9.17) is 10.8 Å². The highest BCUT2D eigenvalue weighted by molar-refractivity contribution is 5.87. The van der Waals surface area contributed by atoms with E-state index in [1.165, 1.54) is 0 Å². The Morgan fingerprint density at radius 1 is 1.10 bits per heavy atom. The summed E-state index contributed by atoms with van der Waals surface area (Å²) in [5.74, 6) is -0.879. The van der Waals surface area contributed by atoms with E-state index in [0.717, 1.165) is 5.56 Å². The van der Waals surface area contributed by atoms with Gasteiger partial charge in [0.2, 0.25) is 0 Å². The number of para-hydroxylation sites is 1. The number of nitrogens with two attached hydrogens (primary N) is 1. The number of carboxylic acids is 1. The van der Waals surface area contributed by atoms with Gasteiger partial charge in [0.05, 0.1) is 11.7 Å². The van der Waals surface area contributed by atoms with Crippen molar-refractivity contribution in [2.75, 3.05) is 5.73 Å². The van der Waals surface area contributed by atoms with Crippen LogP contribution in [0.1, 0.15) is 35.4 Å². The number of carbonyl (C=O) groups is 1. The summed E-state index contributed by atoms with van der Waals surface area (Å²) < 4.78 is 0. The van der Waals surface area contributed by atoms with Crippen LogP contribution in [0, 0.1) is 0 Å². The average molecular weight is 273 g/mol. The van der Waals surface area contributed by atoms with Crippen LogP contribution in [0.3, 0.4) is 0 Å². The topological polar surface area (TPSA) is 83.5 Å². The van der Waals surface area contributed by atoms with E-state index in [9.17, 15) is 9.90 Å². The summed E-state index contributed by atoms with van der Waals surface area (Å²) in [5, 5.41) is 17.8. The molecule has 0 heterocycles. The zero-order valence-corrected chi connectivity index (χ0v) is 11.4. The molecule has 4 heteroatoms. The Kier molecular flexibility index (Phi) is 6.26. The number of carboxylic acid groups (broad SMARTS) is 1. The molecule has 0 radical (unpaired) electrons. The van der Waals surface area contributed by atoms with Crippen molar-refractivity contribution in [2.45, 2.75) is 19.4 Å². The Morgan fingerprint density at radius 2 is 1.65 bits per heavy atom. The number of aliphatic hydroxyl groups excluding tert-OH is 1. The van der Waals surface area contributed by atoms with Gasteiger partial charge in [-0.05, 0) is 24.6 Å². The molecule has 0 aromatic heterocycles. The monoisotopic (exact) mass is 273 g/mol. The fraction of sp³-hybridized carbons (Fsp3) is 0.188. The molecule has 0 saturated carbocycles. The number of aromatic carboxylic acids is 1. The van der Waals surface area contributed by atoms with Crippen molar-refractivity contribution in [3.8, 4) is 0 Å². The van der Waals surface area contributed by atoms with Crippen molar-refractivity contribution < 1.29 is 15.0 Å². The van der Waals surface area contributed by atoms with Gasteiger partial charge >= 0.3 is 5.97 Å². The molecular formula is C16H19NO3. The fourth-order valence-corrected chi connectivity index (χ4v) is 1.62. The number of hydrogen-bond donors (Lipinski definition) is 3. The number of benzene rings is 2. The molecule has 0 aliphatic heterocycles. The summed E-state index contributed by atoms with van der Waals surface area (Å²) in [6.07, 6.45) is 0.282. The third-order valence-electron chi connectivity index (χ3n) is 2.76. The molecule has 2 aromatic carbocycles. The minimum Gasteiger partial charge on any atom is -0.478 e. The standard InChI is InChI=1S/C9H13NO.C7H6O2/c1-2-9(11)7-5-3-4-6-8(7)10;8-7(9)6-4-2-1-3-5-6/h3-6,9,11H,2,10H2,1H3;1-5H,(H,8,9). The first-order valence-corrected chi connectivity index (χ1v) is 6.37. The van der Waals surface area contributed by atoms with Gasteiger partial charge in [-0.1, -0.05) is 43.3 Å². The Labute approximate surface area is 118 Å². The van der Waals surface area contributed by atoms with Crippen molar-refractivity contribution in [3.05, 3.63) is 65.7 Å². The van der Waals surface area contributed by atoms with Crippen molar-refractivity contribution in [2.24, 2.45) is 0 Å². The summed E-state index contributed by atoms with van der Waals surface area (Å²) in [7, 11) is 0. The summed E-state index contributed by atoms with van der Waals surface area (Å²) in [5.41, 5.74) is 7.47. The van der Waals surface area contributed by atoms with Crippen LogP contribution in [-0.4, -0.2) is 16.2 Å². The highest BCUT2D eigenvalue weighted by Crippen LogP contribution is 2.21. The van der Waals surface area contributed by atoms with Gasteiger partial charge in [0.25, 0.3) is 0 Å². The molecule has 106 valence electrons. The predicted octanol–water partition coefficient (Wildman–Crippen LogP) is 3.10. The van der Waals surface area contributed by atoms with E-state index in [1.54, 1.807) is 36.4 Å². The van der Waals surface area contributed by atoms with Gasteiger partial charge in [-0.25, -0.2) is 4.79 Å². The summed E-state index contributed by atoms with van der Waals surface area (Å²) in [6, 6.07) is 15.7. The van der Waals surface area contributed by atoms with E-state index in [-0.39, 0.29) is 0 Å². The van der Waals surface area contributed by atoms with Crippen LogP contribution < -0.4 is 5.73 Å². The van der Waals surface area contributed by atoms with E-state index in [1.807, 2.05) is 25.1 Å². The molecular weight excluding hydrogens is 254 g/mol. The molecule has 0 amide bonds. The second-order valence-electron chi connectivity index (χ2n) is 4.22. The van der Waals surface area contributed by atoms with E-state index in [0.29, 0.717) is 17.7 Å². The maximum atomic E-state index is 10.2. The fourth-order valence-electron chi connectivity index (χ4n) is 1.62. The van der Waals surface area contributed by atoms with Gasteiger partial charge in [-0.15, -0.1) is 0 Å². The van der Waals surface area contributed by atoms with Gasteiger partial charge in [-0.3, -0.25) is 0 Å². The van der Waals surface area contributed by atoms with Crippen LogP contribution in [0.25, 0.3) is 0 Å². The number of anilines is 1. The number of rotatable bonds is 3. The quantitative estimate of drug-likeness (QED) is 0.750. The Balaban J connectivity index is 0.000000204. The Morgan fingerprint density at radius 3 is 2.10 bits per heavy atom. The second kappa shape index (κ2) is 7.96. The van der Waals surface area contributed by atoms with Gasteiger partial charge < -0.3 is 15.9 Å². The van der Waals surface area contributed by atoms with Crippen LogP contribution >= 0.6 is 0 Å². The SMILES string of the molecule is CCC(O)c1ccccc1N.O=C(O)c1ccccc1. The van der Waals surface area contributed by atoms with Gasteiger partial charge in [0.1, 0.15) is 0 Å². The third-order valence-corrected chi connectivity index (χ3v) is 2.76. The molecule has 4 nitrogen and oxygen atoms in total. The van der Waals surface area contributed by atoms with Crippen LogP contribution in [-0.2, 0) is 0 Å². The highest BCUT2D eigenvalue weighted by atomic mass is 16.4. The minimum atomic E-state index is -0.879. The molecule has 0 aliphatic rings. The van der Waals surface area contributed by atoms with E-state index in [2.05, 4.69) is 0 Å². The maximum absolute atomic E-state index is 10.2. The van der Waals surface area contributed by atoms with Crippen molar-refractivity contribution in [1.82, 2.24) is 0 Å². The summed E-state index contributed by atoms with van der Waals surface area (Å²) >= 11 is 0. The minimum absolute atomic E-state index is 0.331.